The number of nitrogens with one attached hydrogen (secondary N) is 4. The molecule has 4 N–H and O–H groups in total. The van der Waals surface area contributed by atoms with Crippen LogP contribution in [0.5, 0.6) is 0 Å². The third-order valence-corrected chi connectivity index (χ3v) is 10.3. The highest BCUT2D eigenvalue weighted by molar-refractivity contribution is 7.90. The van der Waals surface area contributed by atoms with Crippen molar-refractivity contribution in [3.05, 3.63) is 99.6 Å². The number of benzene rings is 3. The van der Waals surface area contributed by atoms with Crippen molar-refractivity contribution < 1.29 is 32.3 Å². The lowest BCUT2D eigenvalue weighted by atomic mass is 10.0. The fourth-order valence-corrected chi connectivity index (χ4v) is 7.42. The number of carbonyl (C=O) groups is 4. The summed E-state index contributed by atoms with van der Waals surface area (Å²) in [5, 5.41) is 5.60. The number of rotatable bonds is 13. The van der Waals surface area contributed by atoms with Gasteiger partial charge in [0.25, 0.3) is 27.4 Å². The summed E-state index contributed by atoms with van der Waals surface area (Å²) in [6.45, 7) is 8.33. The van der Waals surface area contributed by atoms with Crippen LogP contribution in [0.1, 0.15) is 80.3 Å². The van der Waals surface area contributed by atoms with Gasteiger partial charge in [0.2, 0.25) is 5.91 Å². The Kier molecular flexibility index (Phi) is 12.1. The number of anilines is 1. The first kappa shape index (κ1) is 40.2. The zero-order chi connectivity index (χ0) is 40.1. The smallest absolute Gasteiger partial charge is 0.329 e. The summed E-state index contributed by atoms with van der Waals surface area (Å²) in [6, 6.07) is 15.3. The Balaban J connectivity index is 1.26. The van der Waals surface area contributed by atoms with Crippen molar-refractivity contribution in [3.8, 4) is 12.3 Å². The molecular weight excluding hydrogens is 725 g/mol. The zero-order valence-corrected chi connectivity index (χ0v) is 32.1. The molecule has 3 aromatic carbocycles. The molecule has 0 fully saturated rings. The van der Waals surface area contributed by atoms with E-state index in [1.165, 1.54) is 31.2 Å². The van der Waals surface area contributed by atoms with Crippen molar-refractivity contribution in [2.75, 3.05) is 11.4 Å². The Hall–Kier alpha value is -6.01. The highest BCUT2D eigenvalue weighted by Crippen LogP contribution is 2.39. The van der Waals surface area contributed by atoms with Crippen LogP contribution in [0.3, 0.4) is 0 Å². The average Bonchev–Trinajstić information content (AvgIpc) is 3.53. The normalized spacial score (nSPS) is 14.9. The number of hydrogen-bond donors (Lipinski definition) is 4. The van der Waals surface area contributed by atoms with E-state index in [0.717, 1.165) is 29.7 Å². The topological polar surface area (TPSA) is 197 Å². The molecule has 1 aliphatic rings. The number of aromatic nitrogens is 2. The Morgan fingerprint density at radius 2 is 1.75 bits per heavy atom. The van der Waals surface area contributed by atoms with Crippen molar-refractivity contribution in [3.63, 3.8) is 0 Å². The molecule has 0 spiro atoms. The molecule has 3 amide bonds. The molecule has 0 bridgehead atoms. The molecule has 55 heavy (non-hydrogen) atoms. The number of H-pyrrole nitrogens is 1. The summed E-state index contributed by atoms with van der Waals surface area (Å²) >= 11 is 0. The largest absolute Gasteiger partial charge is 0.458 e. The molecule has 0 saturated carbocycles. The first-order valence-corrected chi connectivity index (χ1v) is 19.2. The van der Waals surface area contributed by atoms with E-state index in [-0.39, 0.29) is 41.4 Å². The summed E-state index contributed by atoms with van der Waals surface area (Å²) in [5.74, 6) is 0.295. The van der Waals surface area contributed by atoms with Gasteiger partial charge in [-0.1, -0.05) is 24.1 Å². The number of amides is 3. The molecule has 0 aliphatic heterocycles. The average molecular weight is 769 g/mol. The fourth-order valence-electron chi connectivity index (χ4n) is 6.34. The highest BCUT2D eigenvalue weighted by atomic mass is 32.2. The summed E-state index contributed by atoms with van der Waals surface area (Å²) < 4.78 is 32.5. The minimum atomic E-state index is -4.16. The van der Waals surface area contributed by atoms with Crippen LogP contribution < -0.4 is 25.8 Å². The maximum absolute atomic E-state index is 13.5. The van der Waals surface area contributed by atoms with Crippen LogP contribution in [0.25, 0.3) is 10.9 Å². The van der Waals surface area contributed by atoms with E-state index in [2.05, 4.69) is 26.5 Å². The summed E-state index contributed by atoms with van der Waals surface area (Å²) in [4.78, 5) is 74.0. The zero-order valence-electron chi connectivity index (χ0n) is 31.3. The van der Waals surface area contributed by atoms with Crippen LogP contribution in [0, 0.1) is 19.3 Å². The number of nitrogens with zero attached hydrogens (tertiary/aromatic N) is 2. The second-order valence-corrected chi connectivity index (χ2v) is 16.0. The van der Waals surface area contributed by atoms with E-state index < -0.39 is 51.4 Å². The maximum atomic E-state index is 13.5. The molecule has 288 valence electrons. The van der Waals surface area contributed by atoms with Crippen LogP contribution in [-0.4, -0.2) is 66.3 Å². The van der Waals surface area contributed by atoms with Crippen LogP contribution in [-0.2, 0) is 35.6 Å². The number of aryl methyl sites for hydroxylation is 2. The maximum Gasteiger partial charge on any atom is 0.329 e. The summed E-state index contributed by atoms with van der Waals surface area (Å²) in [5.41, 5.74) is 2.58. The number of fused-ring (bicyclic) bond motifs is 2. The Morgan fingerprint density at radius 1 is 1.05 bits per heavy atom. The quantitative estimate of drug-likeness (QED) is 0.115. The first-order valence-electron chi connectivity index (χ1n) is 17.7. The number of hydrogen-bond acceptors (Lipinski definition) is 10. The monoisotopic (exact) mass is 768 g/mol. The Morgan fingerprint density at radius 3 is 2.40 bits per heavy atom. The number of aromatic amines is 1. The molecule has 1 heterocycles. The molecule has 1 aromatic heterocycles. The van der Waals surface area contributed by atoms with Gasteiger partial charge in [-0.3, -0.25) is 19.2 Å². The summed E-state index contributed by atoms with van der Waals surface area (Å²) in [6.07, 6.45) is 6.85. The van der Waals surface area contributed by atoms with E-state index in [0.29, 0.717) is 16.7 Å². The molecule has 1 unspecified atom stereocenters. The molecule has 0 radical (unpaired) electrons. The third kappa shape index (κ3) is 9.95. The molecule has 1 aliphatic carbocycles. The van der Waals surface area contributed by atoms with Crippen molar-refractivity contribution in [2.24, 2.45) is 0 Å². The van der Waals surface area contributed by atoms with Crippen LogP contribution in [0.2, 0.25) is 0 Å². The predicted molar refractivity (Wildman–Crippen MR) is 206 cm³/mol. The van der Waals surface area contributed by atoms with Gasteiger partial charge in [0, 0.05) is 17.7 Å². The van der Waals surface area contributed by atoms with Gasteiger partial charge in [-0.05, 0) is 114 Å². The highest BCUT2D eigenvalue weighted by Gasteiger charge is 2.31. The van der Waals surface area contributed by atoms with Crippen molar-refractivity contribution in [2.45, 2.75) is 88.9 Å². The van der Waals surface area contributed by atoms with E-state index in [1.54, 1.807) is 58.0 Å². The third-order valence-electron chi connectivity index (χ3n) is 8.95. The van der Waals surface area contributed by atoms with Crippen LogP contribution in [0.4, 0.5) is 5.69 Å². The molecule has 15 heteroatoms. The van der Waals surface area contributed by atoms with Crippen LogP contribution >= 0.6 is 0 Å². The van der Waals surface area contributed by atoms with E-state index >= 15 is 0 Å². The lowest BCUT2D eigenvalue weighted by Crippen LogP contribution is -2.48. The first-order chi connectivity index (χ1) is 26.0. The number of terminal acetylenes is 1. The number of carbonyl (C=O) groups excluding carboxylic acids is 4. The van der Waals surface area contributed by atoms with Gasteiger partial charge in [-0.2, -0.15) is 0 Å². The number of esters is 1. The minimum absolute atomic E-state index is 0.113. The Labute approximate surface area is 319 Å². The van der Waals surface area contributed by atoms with E-state index in [9.17, 15) is 32.4 Å². The van der Waals surface area contributed by atoms with Gasteiger partial charge in [-0.15, -0.1) is 6.42 Å². The molecule has 14 nitrogen and oxygen atoms in total. The van der Waals surface area contributed by atoms with Gasteiger partial charge in [0.15, 0.2) is 0 Å². The van der Waals surface area contributed by atoms with Gasteiger partial charge in [-0.25, -0.2) is 22.9 Å². The second-order valence-electron chi connectivity index (χ2n) is 14.3. The minimum Gasteiger partial charge on any atom is -0.458 e. The summed E-state index contributed by atoms with van der Waals surface area (Å²) in [7, 11) is -4.16. The fraction of sp³-hybridized carbons (Fsp3) is 0.350. The lowest BCUT2D eigenvalue weighted by molar-refractivity contribution is -0.157. The van der Waals surface area contributed by atoms with E-state index in [1.807, 2.05) is 21.8 Å². The van der Waals surface area contributed by atoms with Gasteiger partial charge in [0.05, 0.1) is 28.4 Å². The van der Waals surface area contributed by atoms with E-state index in [4.69, 9.17) is 11.2 Å². The van der Waals surface area contributed by atoms with Crippen molar-refractivity contribution >= 4 is 50.3 Å². The molecule has 0 saturated heterocycles. The number of ether oxygens (including phenoxy) is 1. The lowest BCUT2D eigenvalue weighted by Gasteiger charge is -2.30. The van der Waals surface area contributed by atoms with Crippen molar-refractivity contribution in [1.82, 2.24) is 25.3 Å². The SMILES string of the molecule is C#CCN(c1ccc(C(=O)N[C@@H](CCC(=O)N[C@H](C)C(=O)NS(=O)(=O)c2ccccc2)C(=O)OC(C)(C)C)cc1)C1CCc2cc3nc(C)[nH]c(=O)c3cc21. The van der Waals surface area contributed by atoms with Crippen molar-refractivity contribution in [1.29, 1.82) is 0 Å². The predicted octanol–water partition coefficient (Wildman–Crippen LogP) is 3.59. The molecule has 4 aromatic rings. The van der Waals surface area contributed by atoms with Gasteiger partial charge < -0.3 is 25.3 Å². The second kappa shape index (κ2) is 16.6. The molecule has 3 atom stereocenters. The Bertz CT molecular complexity index is 2310. The number of sulfonamides is 1. The molecule has 5 rings (SSSR count). The molecular formula is C40H44N6O8S. The standard InChI is InChI=1S/C40H44N6O8S/c1-7-21-46(34-19-15-27-22-33-31(23-30(27)34)38(50)43-25(3)42-33)28-16-13-26(14-17-28)37(49)44-32(39(51)54-40(4,5)6)18-20-35(47)41-24(2)36(48)45-55(52,53)29-11-9-8-10-12-29/h1,8-14,16-17,22-24,32,34H,15,18-21H2,2-6H3,(H,41,47)(H,44,49)(H,45,48)(H,42,43,50)/t24-,32+,34?/m1/s1. The van der Waals surface area contributed by atoms with Crippen LogP contribution in [0.15, 0.2) is 76.4 Å². The van der Waals surface area contributed by atoms with Gasteiger partial charge in [0.1, 0.15) is 23.5 Å². The van der Waals surface area contributed by atoms with Gasteiger partial charge >= 0.3 is 5.97 Å².